The van der Waals surface area contributed by atoms with Crippen LogP contribution in [0.3, 0.4) is 0 Å². The van der Waals surface area contributed by atoms with Gasteiger partial charge in [-0.15, -0.1) is 0 Å². The van der Waals surface area contributed by atoms with E-state index in [0.717, 1.165) is 40.7 Å². The number of halogens is 3. The normalized spacial score (nSPS) is 19.8. The maximum Gasteiger partial charge on any atom is 0.252 e. The minimum atomic E-state index is -0.396. The molecule has 2 atom stereocenters. The standard InChI is InChI=1S/C34H34Cl2FN3O3/c1-21(41)39-19-26-17-28(23-8-6-22(7-9-23)14-15-43-32-16-25(37)10-13-30(32)36)33(31(20-39)38-26)34(42)40(27-11-12-27)18-24-4-2-3-5-29(24)35/h2-10,13,16,26-27,31,38H,11-12,14-15,17-20H2,1H3. The molecule has 9 heteroatoms. The van der Waals surface area contributed by atoms with Crippen molar-refractivity contribution in [1.29, 1.82) is 0 Å². The van der Waals surface area contributed by atoms with E-state index in [4.69, 9.17) is 27.9 Å². The third kappa shape index (κ3) is 6.74. The van der Waals surface area contributed by atoms with Gasteiger partial charge in [-0.05, 0) is 59.7 Å². The first-order valence-corrected chi connectivity index (χ1v) is 15.5. The van der Waals surface area contributed by atoms with Gasteiger partial charge in [0.05, 0.1) is 17.7 Å². The molecule has 1 aliphatic carbocycles. The third-order valence-electron chi connectivity index (χ3n) is 8.47. The molecule has 3 aliphatic rings. The first-order chi connectivity index (χ1) is 20.8. The lowest BCUT2D eigenvalue weighted by atomic mass is 9.82. The Hall–Kier alpha value is -3.39. The topological polar surface area (TPSA) is 61.9 Å². The Morgan fingerprint density at radius 1 is 1.02 bits per heavy atom. The van der Waals surface area contributed by atoms with E-state index in [9.17, 15) is 14.0 Å². The predicted molar refractivity (Wildman–Crippen MR) is 167 cm³/mol. The van der Waals surface area contributed by atoms with Crippen LogP contribution in [0.5, 0.6) is 5.75 Å². The molecule has 6 nitrogen and oxygen atoms in total. The quantitative estimate of drug-likeness (QED) is 0.305. The molecule has 0 spiro atoms. The van der Waals surface area contributed by atoms with Gasteiger partial charge in [-0.25, -0.2) is 4.39 Å². The molecule has 1 N–H and O–H groups in total. The van der Waals surface area contributed by atoms with Gasteiger partial charge < -0.3 is 19.9 Å². The summed E-state index contributed by atoms with van der Waals surface area (Å²) in [4.78, 5) is 30.7. The van der Waals surface area contributed by atoms with Crippen molar-refractivity contribution in [1.82, 2.24) is 15.1 Å². The van der Waals surface area contributed by atoms with Crippen molar-refractivity contribution >= 4 is 40.6 Å². The first-order valence-electron chi connectivity index (χ1n) is 14.7. The van der Waals surface area contributed by atoms with E-state index in [1.165, 1.54) is 18.2 Å². The molecule has 1 saturated carbocycles. The van der Waals surface area contributed by atoms with Crippen molar-refractivity contribution in [2.75, 3.05) is 19.7 Å². The average Bonchev–Trinajstić information content (AvgIpc) is 3.83. The molecule has 2 unspecified atom stereocenters. The van der Waals surface area contributed by atoms with E-state index in [1.54, 1.807) is 6.92 Å². The van der Waals surface area contributed by atoms with Crippen molar-refractivity contribution < 1.29 is 18.7 Å². The molecule has 1 saturated heterocycles. The summed E-state index contributed by atoms with van der Waals surface area (Å²) in [5.74, 6) is -0.0479. The number of piperazine rings is 1. The number of carbonyl (C=O) groups excluding carboxylic acids is 2. The molecule has 2 bridgehead atoms. The first kappa shape index (κ1) is 29.7. The van der Waals surface area contributed by atoms with Gasteiger partial charge in [0.1, 0.15) is 11.6 Å². The Bertz CT molecular complexity index is 1560. The highest BCUT2D eigenvalue weighted by atomic mass is 35.5. The van der Waals surface area contributed by atoms with Crippen LogP contribution in [-0.2, 0) is 22.6 Å². The lowest BCUT2D eigenvalue weighted by Gasteiger charge is -2.44. The van der Waals surface area contributed by atoms with Crippen molar-refractivity contribution in [2.24, 2.45) is 0 Å². The zero-order valence-electron chi connectivity index (χ0n) is 24.0. The molecule has 2 amide bonds. The Morgan fingerprint density at radius 2 is 1.79 bits per heavy atom. The van der Waals surface area contributed by atoms with E-state index >= 15 is 0 Å². The summed E-state index contributed by atoms with van der Waals surface area (Å²) < 4.78 is 19.3. The van der Waals surface area contributed by atoms with Crippen LogP contribution in [0.25, 0.3) is 5.57 Å². The SMILES string of the molecule is CC(=O)N1CC2CC(c3ccc(CCOc4cc(F)ccc4Cl)cc3)=C(C(=O)N(Cc3ccccc3Cl)C3CC3)C(C1)N2. The van der Waals surface area contributed by atoms with Crippen LogP contribution >= 0.6 is 23.2 Å². The maximum atomic E-state index is 14.5. The summed E-state index contributed by atoms with van der Waals surface area (Å²) in [6.07, 6.45) is 3.20. The fourth-order valence-corrected chi connectivity index (χ4v) is 6.45. The lowest BCUT2D eigenvalue weighted by molar-refractivity contribution is -0.132. The van der Waals surface area contributed by atoms with Crippen LogP contribution in [0.15, 0.2) is 72.3 Å². The molecule has 2 aliphatic heterocycles. The predicted octanol–water partition coefficient (Wildman–Crippen LogP) is 6.29. The van der Waals surface area contributed by atoms with E-state index in [0.29, 0.717) is 54.9 Å². The molecule has 3 aromatic carbocycles. The van der Waals surface area contributed by atoms with Crippen molar-refractivity contribution in [3.05, 3.63) is 105 Å². The number of nitrogens with one attached hydrogen (secondary N) is 1. The smallest absolute Gasteiger partial charge is 0.252 e. The van der Waals surface area contributed by atoms with Gasteiger partial charge in [0.25, 0.3) is 5.91 Å². The van der Waals surface area contributed by atoms with Crippen LogP contribution in [0.1, 0.15) is 42.9 Å². The number of amides is 2. The molecule has 6 rings (SSSR count). The van der Waals surface area contributed by atoms with E-state index in [2.05, 4.69) is 17.4 Å². The van der Waals surface area contributed by atoms with Crippen LogP contribution in [0, 0.1) is 5.82 Å². The van der Waals surface area contributed by atoms with Crippen LogP contribution in [0.4, 0.5) is 4.39 Å². The Labute approximate surface area is 261 Å². The van der Waals surface area contributed by atoms with Gasteiger partial charge in [0.15, 0.2) is 0 Å². The van der Waals surface area contributed by atoms with Crippen LogP contribution < -0.4 is 10.1 Å². The summed E-state index contributed by atoms with van der Waals surface area (Å²) in [6.45, 7) is 3.45. The van der Waals surface area contributed by atoms with Crippen molar-refractivity contribution in [3.8, 4) is 5.75 Å². The number of benzene rings is 3. The van der Waals surface area contributed by atoms with E-state index < -0.39 is 5.82 Å². The summed E-state index contributed by atoms with van der Waals surface area (Å²) in [7, 11) is 0. The second-order valence-electron chi connectivity index (χ2n) is 11.6. The highest BCUT2D eigenvalue weighted by Gasteiger charge is 2.43. The minimum Gasteiger partial charge on any atom is -0.492 e. The molecule has 2 heterocycles. The molecule has 0 radical (unpaired) electrons. The number of carbonyl (C=O) groups is 2. The number of rotatable bonds is 9. The zero-order chi connectivity index (χ0) is 30.1. The van der Waals surface area contributed by atoms with E-state index in [1.807, 2.05) is 46.2 Å². The summed E-state index contributed by atoms with van der Waals surface area (Å²) in [6, 6.07) is 19.9. The molecule has 3 aromatic rings. The van der Waals surface area contributed by atoms with Gasteiger partial charge in [0, 0.05) is 61.7 Å². The fourth-order valence-electron chi connectivity index (χ4n) is 6.08. The minimum absolute atomic E-state index is 0.00298. The van der Waals surface area contributed by atoms with Crippen LogP contribution in [0.2, 0.25) is 10.0 Å². The third-order valence-corrected chi connectivity index (χ3v) is 9.15. The van der Waals surface area contributed by atoms with E-state index in [-0.39, 0.29) is 29.9 Å². The fraction of sp³-hybridized carbons (Fsp3) is 0.353. The highest BCUT2D eigenvalue weighted by Crippen LogP contribution is 2.38. The molecule has 224 valence electrons. The number of nitrogens with zero attached hydrogens (tertiary/aromatic N) is 2. The van der Waals surface area contributed by atoms with Crippen molar-refractivity contribution in [3.63, 3.8) is 0 Å². The summed E-state index contributed by atoms with van der Waals surface area (Å²) >= 11 is 12.6. The number of hydrogen-bond donors (Lipinski definition) is 1. The number of fused-ring (bicyclic) bond motifs is 2. The molecular weight excluding hydrogens is 588 g/mol. The van der Waals surface area contributed by atoms with Gasteiger partial charge in [-0.2, -0.15) is 0 Å². The van der Waals surface area contributed by atoms with Crippen molar-refractivity contribution in [2.45, 2.75) is 57.3 Å². The van der Waals surface area contributed by atoms with Gasteiger partial charge in [-0.1, -0.05) is 65.7 Å². The highest BCUT2D eigenvalue weighted by molar-refractivity contribution is 6.32. The molecule has 43 heavy (non-hydrogen) atoms. The molecule has 2 fully saturated rings. The summed E-state index contributed by atoms with van der Waals surface area (Å²) in [5.41, 5.74) is 4.75. The Morgan fingerprint density at radius 3 is 2.51 bits per heavy atom. The van der Waals surface area contributed by atoms with Crippen LogP contribution in [-0.4, -0.2) is 59.4 Å². The van der Waals surface area contributed by atoms with Gasteiger partial charge in [0.2, 0.25) is 5.91 Å². The largest absolute Gasteiger partial charge is 0.492 e. The van der Waals surface area contributed by atoms with Gasteiger partial charge >= 0.3 is 0 Å². The molecule has 0 aromatic heterocycles. The second kappa shape index (κ2) is 12.7. The Kier molecular flexibility index (Phi) is 8.75. The lowest BCUT2D eigenvalue weighted by Crippen LogP contribution is -2.61. The number of hydrogen-bond acceptors (Lipinski definition) is 4. The molecular formula is C34H34Cl2FN3O3. The zero-order valence-corrected chi connectivity index (χ0v) is 25.5. The number of ether oxygens (including phenoxy) is 1. The second-order valence-corrected chi connectivity index (χ2v) is 12.4. The van der Waals surface area contributed by atoms with Gasteiger partial charge in [-0.3, -0.25) is 9.59 Å². The monoisotopic (exact) mass is 621 g/mol. The summed E-state index contributed by atoms with van der Waals surface area (Å²) in [5, 5.41) is 4.66. The maximum absolute atomic E-state index is 14.5. The average molecular weight is 623 g/mol. The Balaban J connectivity index is 1.27.